The molecule has 2 aromatic heterocycles. The Morgan fingerprint density at radius 1 is 1.16 bits per heavy atom. The third kappa shape index (κ3) is 3.41. The summed E-state index contributed by atoms with van der Waals surface area (Å²) in [6.45, 7) is 3.75. The summed E-state index contributed by atoms with van der Waals surface area (Å²) in [4.78, 5) is 25.2. The van der Waals surface area contributed by atoms with Gasteiger partial charge in [0.1, 0.15) is 5.03 Å². The number of benzene rings is 1. The predicted molar refractivity (Wildman–Crippen MR) is 104 cm³/mol. The van der Waals surface area contributed by atoms with Gasteiger partial charge in [-0.15, -0.1) is 11.3 Å². The summed E-state index contributed by atoms with van der Waals surface area (Å²) in [6, 6.07) is 12.1. The second-order valence-electron chi connectivity index (χ2n) is 6.14. The second kappa shape index (κ2) is 7.14. The number of para-hydroxylation sites is 1. The van der Waals surface area contributed by atoms with Crippen LogP contribution in [0.4, 0.5) is 0 Å². The summed E-state index contributed by atoms with van der Waals surface area (Å²) in [6.07, 6.45) is 2.23. The van der Waals surface area contributed by atoms with Crippen LogP contribution in [0.2, 0.25) is 0 Å². The SMILES string of the molecule is CC(Sc1nc(-c2cccs2)nc2ccccc12)C(=O)N1CCCC1. The van der Waals surface area contributed by atoms with Crippen LogP contribution >= 0.6 is 23.1 Å². The van der Waals surface area contributed by atoms with E-state index in [-0.39, 0.29) is 11.2 Å². The van der Waals surface area contributed by atoms with Crippen molar-refractivity contribution in [1.29, 1.82) is 0 Å². The van der Waals surface area contributed by atoms with E-state index in [2.05, 4.69) is 0 Å². The van der Waals surface area contributed by atoms with Gasteiger partial charge < -0.3 is 4.90 Å². The smallest absolute Gasteiger partial charge is 0.235 e. The van der Waals surface area contributed by atoms with Crippen molar-refractivity contribution in [2.24, 2.45) is 0 Å². The molecule has 25 heavy (non-hydrogen) atoms. The van der Waals surface area contributed by atoms with E-state index in [0.717, 1.165) is 52.6 Å². The van der Waals surface area contributed by atoms with Crippen molar-refractivity contribution in [2.45, 2.75) is 30.0 Å². The third-order valence-corrected chi connectivity index (χ3v) is 6.32. The van der Waals surface area contributed by atoms with Crippen molar-refractivity contribution in [3.8, 4) is 10.7 Å². The Hall–Kier alpha value is -1.92. The molecule has 4 nitrogen and oxygen atoms in total. The molecule has 1 fully saturated rings. The zero-order chi connectivity index (χ0) is 17.2. The maximum absolute atomic E-state index is 12.7. The number of fused-ring (bicyclic) bond motifs is 1. The summed E-state index contributed by atoms with van der Waals surface area (Å²) < 4.78 is 0. The fourth-order valence-corrected chi connectivity index (χ4v) is 4.75. The number of aromatic nitrogens is 2. The van der Waals surface area contributed by atoms with E-state index in [0.29, 0.717) is 0 Å². The molecule has 1 aliphatic rings. The molecule has 1 unspecified atom stereocenters. The number of amides is 1. The molecule has 1 atom stereocenters. The quantitative estimate of drug-likeness (QED) is 0.503. The van der Waals surface area contributed by atoms with Gasteiger partial charge in [-0.1, -0.05) is 36.0 Å². The summed E-state index contributed by atoms with van der Waals surface area (Å²) in [7, 11) is 0. The van der Waals surface area contributed by atoms with Gasteiger partial charge in [0.25, 0.3) is 0 Å². The third-order valence-electron chi connectivity index (χ3n) is 4.36. The molecule has 1 amide bonds. The lowest BCUT2D eigenvalue weighted by atomic mass is 10.2. The van der Waals surface area contributed by atoms with E-state index < -0.39 is 0 Å². The van der Waals surface area contributed by atoms with Crippen LogP contribution < -0.4 is 0 Å². The van der Waals surface area contributed by atoms with Crippen LogP contribution in [0.25, 0.3) is 21.6 Å². The number of rotatable bonds is 4. The summed E-state index contributed by atoms with van der Waals surface area (Å²) in [5.74, 6) is 0.944. The molecule has 0 radical (unpaired) electrons. The van der Waals surface area contributed by atoms with Crippen LogP contribution in [0, 0.1) is 0 Å². The van der Waals surface area contributed by atoms with E-state index in [1.165, 1.54) is 0 Å². The van der Waals surface area contributed by atoms with Gasteiger partial charge in [0.2, 0.25) is 5.91 Å². The van der Waals surface area contributed by atoms with Crippen LogP contribution in [-0.2, 0) is 4.79 Å². The Kier molecular flexibility index (Phi) is 4.72. The number of carbonyl (C=O) groups excluding carboxylic acids is 1. The van der Waals surface area contributed by atoms with E-state index in [4.69, 9.17) is 9.97 Å². The molecular weight excluding hydrogens is 350 g/mol. The lowest BCUT2D eigenvalue weighted by molar-refractivity contribution is -0.129. The van der Waals surface area contributed by atoms with Gasteiger partial charge in [0.05, 0.1) is 15.6 Å². The van der Waals surface area contributed by atoms with Crippen molar-refractivity contribution in [1.82, 2.24) is 14.9 Å². The molecular formula is C19H19N3OS2. The maximum atomic E-state index is 12.7. The predicted octanol–water partition coefficient (Wildman–Crippen LogP) is 4.46. The highest BCUT2D eigenvalue weighted by molar-refractivity contribution is 8.00. The fourth-order valence-electron chi connectivity index (χ4n) is 3.07. The Morgan fingerprint density at radius 2 is 1.96 bits per heavy atom. The zero-order valence-electron chi connectivity index (χ0n) is 14.0. The van der Waals surface area contributed by atoms with Gasteiger partial charge in [-0.2, -0.15) is 0 Å². The Labute approximate surface area is 155 Å². The minimum atomic E-state index is -0.146. The summed E-state index contributed by atoms with van der Waals surface area (Å²) in [5.41, 5.74) is 0.921. The minimum Gasteiger partial charge on any atom is -0.342 e. The largest absolute Gasteiger partial charge is 0.342 e. The molecule has 0 spiro atoms. The van der Waals surface area contributed by atoms with Gasteiger partial charge in [-0.25, -0.2) is 9.97 Å². The van der Waals surface area contributed by atoms with Crippen molar-refractivity contribution in [2.75, 3.05) is 13.1 Å². The lowest BCUT2D eigenvalue weighted by Crippen LogP contribution is -2.34. The molecule has 3 heterocycles. The lowest BCUT2D eigenvalue weighted by Gasteiger charge is -2.20. The number of likely N-dealkylation sites (tertiary alicyclic amines) is 1. The molecule has 1 aliphatic heterocycles. The number of nitrogens with zero attached hydrogens (tertiary/aromatic N) is 3. The van der Waals surface area contributed by atoms with Gasteiger partial charge in [-0.3, -0.25) is 4.79 Å². The normalized spacial score (nSPS) is 15.6. The molecule has 4 rings (SSSR count). The van der Waals surface area contributed by atoms with Crippen molar-refractivity contribution >= 4 is 39.9 Å². The second-order valence-corrected chi connectivity index (χ2v) is 8.42. The summed E-state index contributed by atoms with van der Waals surface area (Å²) in [5, 5.41) is 3.77. The van der Waals surface area contributed by atoms with Gasteiger partial charge in [-0.05, 0) is 37.3 Å². The van der Waals surface area contributed by atoms with Gasteiger partial charge in [0.15, 0.2) is 5.82 Å². The van der Waals surface area contributed by atoms with Crippen LogP contribution in [0.5, 0.6) is 0 Å². The first-order valence-electron chi connectivity index (χ1n) is 8.48. The standard InChI is InChI=1S/C19H19N3OS2/c1-13(19(23)22-10-4-5-11-22)25-18-14-7-2-3-8-15(14)20-17(21-18)16-9-6-12-24-16/h2-3,6-9,12-13H,4-5,10-11H2,1H3. The fraction of sp³-hybridized carbons (Fsp3) is 0.316. The Balaban J connectivity index is 1.68. The number of carbonyl (C=O) groups is 1. The van der Waals surface area contributed by atoms with E-state index in [1.54, 1.807) is 23.1 Å². The van der Waals surface area contributed by atoms with E-state index in [9.17, 15) is 4.79 Å². The van der Waals surface area contributed by atoms with E-state index in [1.807, 2.05) is 53.6 Å². The number of hydrogen-bond donors (Lipinski definition) is 0. The minimum absolute atomic E-state index is 0.146. The molecule has 1 saturated heterocycles. The van der Waals surface area contributed by atoms with Crippen molar-refractivity contribution < 1.29 is 4.79 Å². The number of hydrogen-bond acceptors (Lipinski definition) is 5. The van der Waals surface area contributed by atoms with Crippen LogP contribution in [0.15, 0.2) is 46.8 Å². The molecule has 0 bridgehead atoms. The molecule has 1 aromatic carbocycles. The molecule has 128 valence electrons. The van der Waals surface area contributed by atoms with Crippen LogP contribution in [-0.4, -0.2) is 39.1 Å². The highest BCUT2D eigenvalue weighted by atomic mass is 32.2. The van der Waals surface area contributed by atoms with Gasteiger partial charge in [0, 0.05) is 18.5 Å². The van der Waals surface area contributed by atoms with E-state index >= 15 is 0 Å². The van der Waals surface area contributed by atoms with Crippen molar-refractivity contribution in [3.05, 3.63) is 41.8 Å². The first kappa shape index (κ1) is 16.5. The summed E-state index contributed by atoms with van der Waals surface area (Å²) >= 11 is 3.17. The van der Waals surface area contributed by atoms with Gasteiger partial charge >= 0.3 is 0 Å². The molecule has 0 aliphatic carbocycles. The molecule has 3 aromatic rings. The number of thiophene rings is 1. The topological polar surface area (TPSA) is 46.1 Å². The molecule has 6 heteroatoms. The average molecular weight is 370 g/mol. The highest BCUT2D eigenvalue weighted by Gasteiger charge is 2.25. The van der Waals surface area contributed by atoms with Crippen LogP contribution in [0.3, 0.4) is 0 Å². The number of thioether (sulfide) groups is 1. The zero-order valence-corrected chi connectivity index (χ0v) is 15.6. The monoisotopic (exact) mass is 369 g/mol. The van der Waals surface area contributed by atoms with Crippen molar-refractivity contribution in [3.63, 3.8) is 0 Å². The average Bonchev–Trinajstić information content (AvgIpc) is 3.34. The van der Waals surface area contributed by atoms with Crippen LogP contribution in [0.1, 0.15) is 19.8 Å². The Morgan fingerprint density at radius 3 is 2.72 bits per heavy atom. The maximum Gasteiger partial charge on any atom is 0.235 e. The Bertz CT molecular complexity index is 889. The first-order valence-corrected chi connectivity index (χ1v) is 10.2. The molecule has 0 N–H and O–H groups in total. The first-order chi connectivity index (χ1) is 12.2. The highest BCUT2D eigenvalue weighted by Crippen LogP contribution is 2.32. The molecule has 0 saturated carbocycles.